The van der Waals surface area contributed by atoms with Gasteiger partial charge >= 0.3 is 5.97 Å². The third-order valence-electron chi connectivity index (χ3n) is 1.45. The molecule has 0 spiro atoms. The van der Waals surface area contributed by atoms with Gasteiger partial charge in [-0.1, -0.05) is 47.0 Å². The maximum absolute atomic E-state index is 11.3. The topological polar surface area (TPSA) is 38.7 Å². The standard InChI is InChI=1S/C8H8Cl3NO2/c9-8(10,11)5-14-7(13)6-3-1-2-4-12-6/h1,3-4,6H,2,5H2/t6-/m1/s1. The molecule has 78 valence electrons. The van der Waals surface area contributed by atoms with Crippen LogP contribution in [0.2, 0.25) is 0 Å². The summed E-state index contributed by atoms with van der Waals surface area (Å²) in [6.07, 6.45) is 5.85. The van der Waals surface area contributed by atoms with Crippen molar-refractivity contribution in [1.82, 2.24) is 0 Å². The number of ether oxygens (including phenoxy) is 1. The summed E-state index contributed by atoms with van der Waals surface area (Å²) in [6.45, 7) is -0.267. The number of dihydropyridines is 1. The molecule has 0 aromatic carbocycles. The van der Waals surface area contributed by atoms with Gasteiger partial charge in [-0.3, -0.25) is 4.99 Å². The number of rotatable bonds is 2. The summed E-state index contributed by atoms with van der Waals surface area (Å²) in [5, 5.41) is 0. The van der Waals surface area contributed by atoms with Crippen LogP contribution in [0.3, 0.4) is 0 Å². The third-order valence-corrected chi connectivity index (χ3v) is 1.77. The van der Waals surface area contributed by atoms with Crippen molar-refractivity contribution in [3.63, 3.8) is 0 Å². The van der Waals surface area contributed by atoms with Crippen LogP contribution in [0.15, 0.2) is 17.1 Å². The smallest absolute Gasteiger partial charge is 0.335 e. The molecule has 0 amide bonds. The Bertz CT molecular complexity index is 258. The van der Waals surface area contributed by atoms with E-state index in [0.717, 1.165) is 6.42 Å². The van der Waals surface area contributed by atoms with E-state index >= 15 is 0 Å². The first-order valence-electron chi connectivity index (χ1n) is 3.91. The molecule has 14 heavy (non-hydrogen) atoms. The van der Waals surface area contributed by atoms with Crippen LogP contribution in [-0.2, 0) is 9.53 Å². The Morgan fingerprint density at radius 2 is 2.29 bits per heavy atom. The van der Waals surface area contributed by atoms with E-state index in [1.165, 1.54) is 0 Å². The Labute approximate surface area is 96.7 Å². The lowest BCUT2D eigenvalue weighted by Crippen LogP contribution is -2.25. The fraction of sp³-hybridized carbons (Fsp3) is 0.500. The highest BCUT2D eigenvalue weighted by Gasteiger charge is 2.24. The molecule has 0 fully saturated rings. The van der Waals surface area contributed by atoms with Crippen LogP contribution in [0.25, 0.3) is 0 Å². The number of hydrogen-bond acceptors (Lipinski definition) is 3. The Hall–Kier alpha value is -0.250. The van der Waals surface area contributed by atoms with Crippen LogP contribution in [0, 0.1) is 0 Å². The zero-order valence-corrected chi connectivity index (χ0v) is 9.39. The Morgan fingerprint density at radius 3 is 2.79 bits per heavy atom. The van der Waals surface area contributed by atoms with Gasteiger partial charge in [-0.2, -0.15) is 0 Å². The zero-order chi connectivity index (χ0) is 10.6. The summed E-state index contributed by atoms with van der Waals surface area (Å²) in [5.74, 6) is -0.511. The molecule has 0 aromatic heterocycles. The molecule has 1 atom stereocenters. The quantitative estimate of drug-likeness (QED) is 0.432. The van der Waals surface area contributed by atoms with Gasteiger partial charge < -0.3 is 4.74 Å². The SMILES string of the molecule is O=C(OCC(Cl)(Cl)Cl)[C@H]1C=CCC=N1. The van der Waals surface area contributed by atoms with Crippen molar-refractivity contribution in [3.05, 3.63) is 12.2 Å². The molecule has 1 aliphatic rings. The lowest BCUT2D eigenvalue weighted by atomic mass is 10.2. The predicted molar refractivity (Wildman–Crippen MR) is 57.3 cm³/mol. The molecular formula is C8H8Cl3NO2. The molecule has 0 saturated carbocycles. The zero-order valence-electron chi connectivity index (χ0n) is 7.12. The number of hydrogen-bond donors (Lipinski definition) is 0. The molecule has 0 aromatic rings. The molecule has 3 nitrogen and oxygen atoms in total. The molecular weight excluding hydrogens is 248 g/mol. The minimum atomic E-state index is -1.57. The van der Waals surface area contributed by atoms with Crippen molar-refractivity contribution >= 4 is 47.0 Å². The van der Waals surface area contributed by atoms with E-state index in [2.05, 4.69) is 4.99 Å². The molecule has 1 heterocycles. The monoisotopic (exact) mass is 255 g/mol. The summed E-state index contributed by atoms with van der Waals surface area (Å²) < 4.78 is 3.17. The minimum absolute atomic E-state index is 0.267. The first-order valence-corrected chi connectivity index (χ1v) is 5.04. The number of carbonyl (C=O) groups is 1. The van der Waals surface area contributed by atoms with Crippen LogP contribution in [-0.4, -0.2) is 28.6 Å². The van der Waals surface area contributed by atoms with E-state index in [0.29, 0.717) is 0 Å². The fourth-order valence-electron chi connectivity index (χ4n) is 0.870. The van der Waals surface area contributed by atoms with Crippen LogP contribution in [0.1, 0.15) is 6.42 Å². The average molecular weight is 257 g/mol. The fourth-order valence-corrected chi connectivity index (χ4v) is 1.03. The normalized spacial score (nSPS) is 20.9. The number of halogens is 3. The molecule has 1 rings (SSSR count). The van der Waals surface area contributed by atoms with Gasteiger partial charge in [0.05, 0.1) is 0 Å². The maximum atomic E-state index is 11.3. The molecule has 6 heteroatoms. The van der Waals surface area contributed by atoms with Gasteiger partial charge in [-0.25, -0.2) is 4.79 Å². The maximum Gasteiger partial charge on any atom is 0.335 e. The second-order valence-corrected chi connectivity index (χ2v) is 5.18. The third kappa shape index (κ3) is 4.31. The van der Waals surface area contributed by atoms with Gasteiger partial charge in [0.25, 0.3) is 0 Å². The van der Waals surface area contributed by atoms with E-state index < -0.39 is 15.8 Å². The van der Waals surface area contributed by atoms with Gasteiger partial charge in [0.2, 0.25) is 3.79 Å². The summed E-state index contributed by atoms with van der Waals surface area (Å²) >= 11 is 16.2. The molecule has 0 radical (unpaired) electrons. The van der Waals surface area contributed by atoms with Crippen molar-refractivity contribution < 1.29 is 9.53 Å². The molecule has 0 saturated heterocycles. The van der Waals surface area contributed by atoms with Crippen LogP contribution in [0.4, 0.5) is 0 Å². The highest BCUT2D eigenvalue weighted by molar-refractivity contribution is 6.67. The van der Waals surface area contributed by atoms with Crippen molar-refractivity contribution in [1.29, 1.82) is 0 Å². The molecule has 0 N–H and O–H groups in total. The number of nitrogens with zero attached hydrogens (tertiary/aromatic N) is 1. The highest BCUT2D eigenvalue weighted by atomic mass is 35.6. The number of esters is 1. The Kier molecular flexibility index (Phi) is 4.23. The lowest BCUT2D eigenvalue weighted by molar-refractivity contribution is -0.143. The highest BCUT2D eigenvalue weighted by Crippen LogP contribution is 2.26. The van der Waals surface area contributed by atoms with Crippen LogP contribution >= 0.6 is 34.8 Å². The number of alkyl halides is 3. The van der Waals surface area contributed by atoms with Crippen LogP contribution < -0.4 is 0 Å². The van der Waals surface area contributed by atoms with E-state index in [1.807, 2.05) is 6.08 Å². The number of allylic oxidation sites excluding steroid dienone is 1. The van der Waals surface area contributed by atoms with E-state index in [-0.39, 0.29) is 6.61 Å². The van der Waals surface area contributed by atoms with Crippen molar-refractivity contribution in [2.75, 3.05) is 6.61 Å². The van der Waals surface area contributed by atoms with Crippen LogP contribution in [0.5, 0.6) is 0 Å². The number of aliphatic imine (C=N–C) groups is 1. The van der Waals surface area contributed by atoms with Crippen molar-refractivity contribution in [2.24, 2.45) is 4.99 Å². The second-order valence-electron chi connectivity index (χ2n) is 2.66. The lowest BCUT2D eigenvalue weighted by Gasteiger charge is -2.14. The molecule has 0 aliphatic carbocycles. The predicted octanol–water partition coefficient (Wildman–Crippen LogP) is 2.30. The number of carbonyl (C=O) groups excluding carboxylic acids is 1. The van der Waals surface area contributed by atoms with Crippen molar-refractivity contribution in [3.8, 4) is 0 Å². The van der Waals surface area contributed by atoms with E-state index in [4.69, 9.17) is 39.5 Å². The summed E-state index contributed by atoms with van der Waals surface area (Å²) in [7, 11) is 0. The van der Waals surface area contributed by atoms with Crippen molar-refractivity contribution in [2.45, 2.75) is 16.3 Å². The average Bonchev–Trinajstić information content (AvgIpc) is 2.14. The van der Waals surface area contributed by atoms with Gasteiger partial charge in [0, 0.05) is 12.6 Å². The second kappa shape index (κ2) is 5.01. The molecule has 0 unspecified atom stereocenters. The van der Waals surface area contributed by atoms with Gasteiger partial charge in [0.1, 0.15) is 6.61 Å². The van der Waals surface area contributed by atoms with Gasteiger partial charge in [-0.15, -0.1) is 0 Å². The summed E-state index contributed by atoms with van der Waals surface area (Å²) in [5.41, 5.74) is 0. The summed E-state index contributed by atoms with van der Waals surface area (Å²) in [4.78, 5) is 15.2. The Morgan fingerprint density at radius 1 is 1.57 bits per heavy atom. The van der Waals surface area contributed by atoms with Gasteiger partial charge in [-0.05, 0) is 0 Å². The first kappa shape index (κ1) is 11.8. The van der Waals surface area contributed by atoms with E-state index in [9.17, 15) is 4.79 Å². The Balaban J connectivity index is 2.38. The largest absolute Gasteiger partial charge is 0.459 e. The van der Waals surface area contributed by atoms with Gasteiger partial charge in [0.15, 0.2) is 6.04 Å². The summed E-state index contributed by atoms with van der Waals surface area (Å²) in [6, 6.07) is -0.601. The first-order chi connectivity index (χ1) is 6.49. The van der Waals surface area contributed by atoms with E-state index in [1.54, 1.807) is 12.3 Å². The molecule has 0 bridgehead atoms. The molecule has 1 aliphatic heterocycles. The minimum Gasteiger partial charge on any atom is -0.459 e.